The topological polar surface area (TPSA) is 12.0 Å². The zero-order chi connectivity index (χ0) is 14.8. The van der Waals surface area contributed by atoms with Gasteiger partial charge in [0.2, 0.25) is 0 Å². The summed E-state index contributed by atoms with van der Waals surface area (Å²) in [5, 5.41) is 3.26. The van der Waals surface area contributed by atoms with Crippen molar-refractivity contribution in [3.05, 3.63) is 35.4 Å². The lowest BCUT2D eigenvalue weighted by atomic mass is 10.1. The first-order valence-electron chi connectivity index (χ1n) is 6.90. The van der Waals surface area contributed by atoms with E-state index in [1.807, 2.05) is 11.8 Å². The molecule has 0 radical (unpaired) electrons. The lowest BCUT2D eigenvalue weighted by Gasteiger charge is -2.08. The molecule has 1 aromatic carbocycles. The van der Waals surface area contributed by atoms with Crippen LogP contribution in [0.25, 0.3) is 0 Å². The van der Waals surface area contributed by atoms with Crippen LogP contribution in [0.2, 0.25) is 0 Å². The van der Waals surface area contributed by atoms with Crippen molar-refractivity contribution in [3.8, 4) is 0 Å². The van der Waals surface area contributed by atoms with Crippen molar-refractivity contribution in [2.24, 2.45) is 0 Å². The van der Waals surface area contributed by atoms with Gasteiger partial charge in [0.05, 0.1) is 5.56 Å². The fourth-order valence-corrected chi connectivity index (χ4v) is 2.39. The van der Waals surface area contributed by atoms with E-state index < -0.39 is 11.7 Å². The summed E-state index contributed by atoms with van der Waals surface area (Å²) in [7, 11) is 0. The van der Waals surface area contributed by atoms with E-state index in [9.17, 15) is 13.2 Å². The molecular formula is C15H22F3NS. The average Bonchev–Trinajstić information content (AvgIpc) is 2.41. The Balaban J connectivity index is 2.13. The van der Waals surface area contributed by atoms with Crippen LogP contribution >= 0.6 is 11.8 Å². The molecule has 1 N–H and O–H groups in total. The monoisotopic (exact) mass is 305 g/mol. The molecule has 0 saturated carbocycles. The van der Waals surface area contributed by atoms with Gasteiger partial charge in [-0.3, -0.25) is 0 Å². The smallest absolute Gasteiger partial charge is 0.313 e. The van der Waals surface area contributed by atoms with Gasteiger partial charge in [0.25, 0.3) is 0 Å². The molecule has 0 heterocycles. The normalized spacial score (nSPS) is 11.8. The van der Waals surface area contributed by atoms with Crippen LogP contribution in [0.3, 0.4) is 0 Å². The van der Waals surface area contributed by atoms with Gasteiger partial charge in [-0.2, -0.15) is 24.9 Å². The van der Waals surface area contributed by atoms with Crippen molar-refractivity contribution >= 4 is 11.8 Å². The van der Waals surface area contributed by atoms with Gasteiger partial charge < -0.3 is 5.32 Å². The van der Waals surface area contributed by atoms with E-state index in [0.717, 1.165) is 30.7 Å². The minimum absolute atomic E-state index is 0.588. The van der Waals surface area contributed by atoms with Crippen molar-refractivity contribution in [3.63, 3.8) is 0 Å². The number of hydrogen-bond acceptors (Lipinski definition) is 2. The molecule has 114 valence electrons. The second-order valence-electron chi connectivity index (χ2n) is 4.78. The average molecular weight is 305 g/mol. The third kappa shape index (κ3) is 7.20. The van der Waals surface area contributed by atoms with E-state index in [1.165, 1.54) is 37.1 Å². The Hall–Kier alpha value is -0.680. The molecule has 5 heteroatoms. The molecule has 0 atom stereocenters. The number of hydrogen-bond donors (Lipinski definition) is 1. The lowest BCUT2D eigenvalue weighted by molar-refractivity contribution is -0.137. The Labute approximate surface area is 123 Å². The van der Waals surface area contributed by atoms with Crippen molar-refractivity contribution in [2.45, 2.75) is 38.4 Å². The molecule has 0 aliphatic rings. The molecule has 1 rings (SSSR count). The van der Waals surface area contributed by atoms with Gasteiger partial charge in [-0.05, 0) is 49.1 Å². The zero-order valence-corrected chi connectivity index (χ0v) is 12.6. The third-order valence-electron chi connectivity index (χ3n) is 3.06. The lowest BCUT2D eigenvalue weighted by Crippen LogP contribution is -2.15. The third-order valence-corrected chi connectivity index (χ3v) is 3.76. The van der Waals surface area contributed by atoms with E-state index >= 15 is 0 Å². The number of rotatable bonds is 9. The van der Waals surface area contributed by atoms with Gasteiger partial charge in [0.15, 0.2) is 0 Å². The highest BCUT2D eigenvalue weighted by atomic mass is 32.2. The Bertz CT molecular complexity index is 362. The Morgan fingerprint density at radius 2 is 1.65 bits per heavy atom. The summed E-state index contributed by atoms with van der Waals surface area (Å²) in [4.78, 5) is 0. The first-order valence-corrected chi connectivity index (χ1v) is 8.29. The second kappa shape index (κ2) is 9.29. The summed E-state index contributed by atoms with van der Waals surface area (Å²) in [6.07, 6.45) is 2.72. The molecule has 1 aromatic rings. The number of halogens is 3. The summed E-state index contributed by atoms with van der Waals surface area (Å²) in [5.74, 6) is 1.22. The minimum Gasteiger partial charge on any atom is -0.313 e. The van der Waals surface area contributed by atoms with Crippen molar-refractivity contribution in [1.29, 1.82) is 0 Å². The van der Waals surface area contributed by atoms with Crippen LogP contribution in [0, 0.1) is 0 Å². The van der Waals surface area contributed by atoms with Crippen LogP contribution in [0.15, 0.2) is 24.3 Å². The molecule has 0 spiro atoms. The van der Waals surface area contributed by atoms with Gasteiger partial charge in [0, 0.05) is 6.54 Å². The zero-order valence-electron chi connectivity index (χ0n) is 11.8. The van der Waals surface area contributed by atoms with Crippen molar-refractivity contribution in [1.82, 2.24) is 5.32 Å². The van der Waals surface area contributed by atoms with Crippen LogP contribution in [-0.4, -0.2) is 18.6 Å². The highest BCUT2D eigenvalue weighted by molar-refractivity contribution is 7.98. The quantitative estimate of drug-likeness (QED) is 0.663. The Morgan fingerprint density at radius 1 is 1.00 bits per heavy atom. The summed E-state index contributed by atoms with van der Waals surface area (Å²) < 4.78 is 37.1. The van der Waals surface area contributed by atoms with Gasteiger partial charge in [-0.25, -0.2) is 0 Å². The highest BCUT2D eigenvalue weighted by Gasteiger charge is 2.29. The molecule has 0 aliphatic heterocycles. The van der Waals surface area contributed by atoms with E-state index in [4.69, 9.17) is 0 Å². The predicted octanol–water partition coefficient (Wildman–Crippen LogP) is 4.72. The highest BCUT2D eigenvalue weighted by Crippen LogP contribution is 2.28. The Morgan fingerprint density at radius 3 is 2.25 bits per heavy atom. The van der Waals surface area contributed by atoms with Crippen LogP contribution in [0.5, 0.6) is 0 Å². The number of unbranched alkanes of at least 4 members (excludes halogenated alkanes) is 3. The maximum Gasteiger partial charge on any atom is 0.416 e. The minimum atomic E-state index is -4.25. The van der Waals surface area contributed by atoms with Crippen LogP contribution in [-0.2, 0) is 12.7 Å². The van der Waals surface area contributed by atoms with E-state index in [-0.39, 0.29) is 0 Å². The van der Waals surface area contributed by atoms with Gasteiger partial charge in [-0.15, -0.1) is 0 Å². The predicted molar refractivity (Wildman–Crippen MR) is 80.0 cm³/mol. The van der Waals surface area contributed by atoms with Crippen LogP contribution in [0.1, 0.15) is 36.8 Å². The molecule has 1 nitrogen and oxygen atoms in total. The van der Waals surface area contributed by atoms with E-state index in [0.29, 0.717) is 6.54 Å². The number of benzene rings is 1. The Kier molecular flexibility index (Phi) is 8.07. The fourth-order valence-electron chi connectivity index (χ4n) is 1.89. The summed E-state index contributed by atoms with van der Waals surface area (Å²) in [5.41, 5.74) is 0.301. The maximum absolute atomic E-state index is 12.4. The first-order chi connectivity index (χ1) is 9.54. The largest absolute Gasteiger partial charge is 0.416 e. The number of thioether (sulfide) groups is 1. The molecule has 0 aromatic heterocycles. The van der Waals surface area contributed by atoms with E-state index in [2.05, 4.69) is 11.6 Å². The molecular weight excluding hydrogens is 283 g/mol. The van der Waals surface area contributed by atoms with Crippen molar-refractivity contribution < 1.29 is 13.2 Å². The molecule has 0 saturated heterocycles. The van der Waals surface area contributed by atoms with Crippen LogP contribution in [0.4, 0.5) is 13.2 Å². The second-order valence-corrected chi connectivity index (χ2v) is 5.76. The SMILES string of the molecule is CSCCCCCCNCc1ccc(C(F)(F)F)cc1. The molecule has 0 bridgehead atoms. The summed E-state index contributed by atoms with van der Waals surface area (Å²) in [6.45, 7) is 1.54. The molecule has 0 fully saturated rings. The van der Waals surface area contributed by atoms with Crippen molar-refractivity contribution in [2.75, 3.05) is 18.6 Å². The molecule has 0 aliphatic carbocycles. The van der Waals surface area contributed by atoms with Gasteiger partial charge in [-0.1, -0.05) is 25.0 Å². The maximum atomic E-state index is 12.4. The van der Waals surface area contributed by atoms with E-state index in [1.54, 1.807) is 0 Å². The first kappa shape index (κ1) is 17.4. The summed E-state index contributed by atoms with van der Waals surface area (Å²) in [6, 6.07) is 5.35. The molecule has 0 amide bonds. The van der Waals surface area contributed by atoms with Gasteiger partial charge in [0.1, 0.15) is 0 Å². The van der Waals surface area contributed by atoms with Crippen LogP contribution < -0.4 is 5.32 Å². The molecule has 0 unspecified atom stereocenters. The van der Waals surface area contributed by atoms with Gasteiger partial charge >= 0.3 is 6.18 Å². The standard InChI is InChI=1S/C15H22F3NS/c1-20-11-5-3-2-4-10-19-12-13-6-8-14(9-7-13)15(16,17)18/h6-9,19H,2-5,10-12H2,1H3. The summed E-state index contributed by atoms with van der Waals surface area (Å²) >= 11 is 1.87. The number of alkyl halides is 3. The fraction of sp³-hybridized carbons (Fsp3) is 0.600. The number of nitrogens with one attached hydrogen (secondary N) is 1. The molecule has 20 heavy (non-hydrogen) atoms.